The Morgan fingerprint density at radius 3 is 2.67 bits per heavy atom. The molecule has 2 atom stereocenters. The topological polar surface area (TPSA) is 63.3 Å². The van der Waals surface area contributed by atoms with Gasteiger partial charge >= 0.3 is 5.97 Å². The number of halogens is 1. The molecule has 0 aliphatic carbocycles. The molecule has 0 radical (unpaired) electrons. The van der Waals surface area contributed by atoms with E-state index in [1.807, 2.05) is 13.0 Å². The maximum atomic E-state index is 13.5. The Kier molecular flexibility index (Phi) is 5.78. The Bertz CT molecular complexity index is 395. The van der Waals surface area contributed by atoms with Crippen LogP contribution < -0.4 is 5.73 Å². The minimum Gasteiger partial charge on any atom is -0.481 e. The molecule has 4 heteroatoms. The molecule has 3 N–H and O–H groups in total. The third-order valence-corrected chi connectivity index (χ3v) is 3.06. The maximum Gasteiger partial charge on any atom is 0.303 e. The van der Waals surface area contributed by atoms with E-state index < -0.39 is 5.97 Å². The van der Waals surface area contributed by atoms with Crippen LogP contribution in [-0.4, -0.2) is 17.6 Å². The third-order valence-electron chi connectivity index (χ3n) is 3.06. The van der Waals surface area contributed by atoms with Gasteiger partial charge < -0.3 is 10.8 Å². The predicted octanol–water partition coefficient (Wildman–Crippen LogP) is 2.44. The summed E-state index contributed by atoms with van der Waals surface area (Å²) in [6, 6.07) is 6.68. The number of benzene rings is 1. The highest BCUT2D eigenvalue weighted by molar-refractivity contribution is 5.67. The van der Waals surface area contributed by atoms with Gasteiger partial charge in [-0.3, -0.25) is 4.79 Å². The molecular weight excluding hydrogens is 233 g/mol. The number of carbonyl (C=O) groups is 1. The lowest BCUT2D eigenvalue weighted by atomic mass is 9.89. The first-order valence-corrected chi connectivity index (χ1v) is 6.18. The molecule has 0 unspecified atom stereocenters. The summed E-state index contributed by atoms with van der Waals surface area (Å²) in [6.45, 7) is 2.35. The molecule has 0 bridgehead atoms. The van der Waals surface area contributed by atoms with Crippen molar-refractivity contribution in [3.8, 4) is 0 Å². The molecule has 0 amide bonds. The molecule has 0 spiro atoms. The van der Waals surface area contributed by atoms with Gasteiger partial charge in [-0.15, -0.1) is 0 Å². The van der Waals surface area contributed by atoms with Gasteiger partial charge in [0.05, 0.1) is 0 Å². The first-order chi connectivity index (χ1) is 8.52. The average Bonchev–Trinajstić information content (AvgIpc) is 2.30. The number of aliphatic carboxylic acids is 1. The molecular formula is C14H20FNO2. The summed E-state index contributed by atoms with van der Waals surface area (Å²) < 4.78 is 13.5. The van der Waals surface area contributed by atoms with Gasteiger partial charge in [0.2, 0.25) is 0 Å². The van der Waals surface area contributed by atoms with Gasteiger partial charge in [0.15, 0.2) is 0 Å². The van der Waals surface area contributed by atoms with E-state index in [-0.39, 0.29) is 24.1 Å². The second-order valence-electron chi connectivity index (χ2n) is 4.84. The Balaban J connectivity index is 2.52. The number of carboxylic acid groups (broad SMARTS) is 1. The highest BCUT2D eigenvalue weighted by Crippen LogP contribution is 2.20. The fourth-order valence-corrected chi connectivity index (χ4v) is 2.20. The summed E-state index contributed by atoms with van der Waals surface area (Å²) in [5.74, 6) is -0.852. The number of nitrogens with two attached hydrogens (primary N) is 1. The molecule has 18 heavy (non-hydrogen) atoms. The fourth-order valence-electron chi connectivity index (χ4n) is 2.20. The summed E-state index contributed by atoms with van der Waals surface area (Å²) in [6.07, 6.45) is 1.40. The zero-order valence-corrected chi connectivity index (χ0v) is 10.6. The third kappa shape index (κ3) is 4.84. The van der Waals surface area contributed by atoms with Crippen molar-refractivity contribution in [3.63, 3.8) is 0 Å². The molecule has 3 nitrogen and oxygen atoms in total. The van der Waals surface area contributed by atoms with Gasteiger partial charge in [-0.25, -0.2) is 4.39 Å². The molecule has 0 saturated heterocycles. The van der Waals surface area contributed by atoms with E-state index in [9.17, 15) is 9.18 Å². The van der Waals surface area contributed by atoms with Crippen LogP contribution in [0.4, 0.5) is 4.39 Å². The van der Waals surface area contributed by atoms with E-state index in [4.69, 9.17) is 10.8 Å². The molecule has 0 fully saturated rings. The molecule has 0 aromatic heterocycles. The molecule has 100 valence electrons. The summed E-state index contributed by atoms with van der Waals surface area (Å²) >= 11 is 0. The smallest absolute Gasteiger partial charge is 0.303 e. The predicted molar refractivity (Wildman–Crippen MR) is 68.7 cm³/mol. The van der Waals surface area contributed by atoms with Gasteiger partial charge in [0.1, 0.15) is 5.82 Å². The van der Waals surface area contributed by atoms with Crippen molar-refractivity contribution in [2.75, 3.05) is 6.54 Å². The molecule has 0 aliphatic heterocycles. The van der Waals surface area contributed by atoms with Crippen molar-refractivity contribution in [1.82, 2.24) is 0 Å². The standard InChI is InChI=1S/C14H20FNO2/c1-10(6-11(9-16)8-14(17)18)7-12-4-2-3-5-13(12)15/h2-5,10-11H,6-9,16H2,1H3,(H,17,18)/t10-,11-/m0/s1. The Morgan fingerprint density at radius 1 is 1.44 bits per heavy atom. The van der Waals surface area contributed by atoms with Crippen LogP contribution in [0.3, 0.4) is 0 Å². The van der Waals surface area contributed by atoms with Crippen molar-refractivity contribution >= 4 is 5.97 Å². The first kappa shape index (κ1) is 14.6. The van der Waals surface area contributed by atoms with E-state index in [0.29, 0.717) is 24.9 Å². The van der Waals surface area contributed by atoms with Crippen LogP contribution in [0, 0.1) is 17.7 Å². The molecule has 1 aromatic rings. The largest absolute Gasteiger partial charge is 0.481 e. The number of hydrogen-bond donors (Lipinski definition) is 2. The van der Waals surface area contributed by atoms with Gasteiger partial charge in [0, 0.05) is 6.42 Å². The van der Waals surface area contributed by atoms with Gasteiger partial charge in [-0.1, -0.05) is 25.1 Å². The number of rotatable bonds is 7. The van der Waals surface area contributed by atoms with E-state index in [2.05, 4.69) is 0 Å². The summed E-state index contributed by atoms with van der Waals surface area (Å²) in [4.78, 5) is 10.6. The molecule has 1 rings (SSSR count). The lowest BCUT2D eigenvalue weighted by molar-refractivity contribution is -0.138. The molecule has 1 aromatic carbocycles. The van der Waals surface area contributed by atoms with Crippen molar-refractivity contribution in [2.24, 2.45) is 17.6 Å². The van der Waals surface area contributed by atoms with Crippen molar-refractivity contribution < 1.29 is 14.3 Å². The average molecular weight is 253 g/mol. The monoisotopic (exact) mass is 253 g/mol. The summed E-state index contributed by atoms with van der Waals surface area (Å²) in [5.41, 5.74) is 6.23. The lowest BCUT2D eigenvalue weighted by Crippen LogP contribution is -2.21. The van der Waals surface area contributed by atoms with Gasteiger partial charge in [-0.05, 0) is 42.9 Å². The normalized spacial score (nSPS) is 14.2. The Labute approximate surface area is 107 Å². The van der Waals surface area contributed by atoms with Crippen molar-refractivity contribution in [2.45, 2.75) is 26.2 Å². The van der Waals surface area contributed by atoms with Crippen LogP contribution in [-0.2, 0) is 11.2 Å². The lowest BCUT2D eigenvalue weighted by Gasteiger charge is -2.18. The van der Waals surface area contributed by atoms with Crippen molar-refractivity contribution in [1.29, 1.82) is 0 Å². The summed E-state index contributed by atoms with van der Waals surface area (Å²) in [7, 11) is 0. The van der Waals surface area contributed by atoms with E-state index in [0.717, 1.165) is 0 Å². The number of carboxylic acids is 1. The molecule has 0 saturated carbocycles. The first-order valence-electron chi connectivity index (χ1n) is 6.18. The Morgan fingerprint density at radius 2 is 2.11 bits per heavy atom. The molecule has 0 heterocycles. The highest BCUT2D eigenvalue weighted by atomic mass is 19.1. The molecule has 0 aliphatic rings. The Hall–Kier alpha value is -1.42. The summed E-state index contributed by atoms with van der Waals surface area (Å²) in [5, 5.41) is 8.75. The zero-order valence-electron chi connectivity index (χ0n) is 10.6. The van der Waals surface area contributed by atoms with Crippen LogP contribution in [0.25, 0.3) is 0 Å². The number of hydrogen-bond acceptors (Lipinski definition) is 2. The maximum absolute atomic E-state index is 13.5. The SMILES string of the molecule is C[C@H](Cc1ccccc1F)C[C@H](CN)CC(=O)O. The quantitative estimate of drug-likeness (QED) is 0.784. The zero-order chi connectivity index (χ0) is 13.5. The minimum absolute atomic E-state index is 0.0377. The van der Waals surface area contributed by atoms with Crippen LogP contribution in [0.5, 0.6) is 0 Å². The second kappa shape index (κ2) is 7.11. The highest BCUT2D eigenvalue weighted by Gasteiger charge is 2.16. The van der Waals surface area contributed by atoms with Gasteiger partial charge in [-0.2, -0.15) is 0 Å². The fraction of sp³-hybridized carbons (Fsp3) is 0.500. The van der Waals surface area contributed by atoms with Crippen LogP contribution >= 0.6 is 0 Å². The van der Waals surface area contributed by atoms with Gasteiger partial charge in [0.25, 0.3) is 0 Å². The second-order valence-corrected chi connectivity index (χ2v) is 4.84. The van der Waals surface area contributed by atoms with E-state index in [1.54, 1.807) is 12.1 Å². The van der Waals surface area contributed by atoms with Crippen molar-refractivity contribution in [3.05, 3.63) is 35.6 Å². The van der Waals surface area contributed by atoms with E-state index >= 15 is 0 Å². The van der Waals surface area contributed by atoms with E-state index in [1.165, 1.54) is 6.07 Å². The van der Waals surface area contributed by atoms with Crippen LogP contribution in [0.2, 0.25) is 0 Å². The van der Waals surface area contributed by atoms with Crippen LogP contribution in [0.15, 0.2) is 24.3 Å². The minimum atomic E-state index is -0.830. The van der Waals surface area contributed by atoms with Crippen LogP contribution in [0.1, 0.15) is 25.3 Å².